The third kappa shape index (κ3) is 6.54. The van der Waals surface area contributed by atoms with Gasteiger partial charge in [-0.1, -0.05) is 37.6 Å². The van der Waals surface area contributed by atoms with E-state index in [0.29, 0.717) is 5.56 Å². The Labute approximate surface area is 197 Å². The lowest BCUT2D eigenvalue weighted by atomic mass is 9.98. The number of halogens is 3. The van der Waals surface area contributed by atoms with Crippen molar-refractivity contribution >= 4 is 29.5 Å². The molecule has 0 aliphatic rings. The van der Waals surface area contributed by atoms with Gasteiger partial charge in [0, 0.05) is 24.7 Å². The molecule has 0 radical (unpaired) electrons. The number of hydrogen-bond acceptors (Lipinski definition) is 5. The molecule has 1 N–H and O–H groups in total. The van der Waals surface area contributed by atoms with E-state index in [4.69, 9.17) is 21.1 Å². The Morgan fingerprint density at radius 1 is 1.21 bits per heavy atom. The first-order chi connectivity index (χ1) is 15.6. The average molecular weight is 480 g/mol. The van der Waals surface area contributed by atoms with E-state index in [1.807, 2.05) is 20.8 Å². The van der Waals surface area contributed by atoms with E-state index in [9.17, 15) is 18.7 Å². The van der Waals surface area contributed by atoms with Crippen LogP contribution >= 0.6 is 11.6 Å². The van der Waals surface area contributed by atoms with Gasteiger partial charge in [-0.3, -0.25) is 4.99 Å². The van der Waals surface area contributed by atoms with Gasteiger partial charge in [-0.15, -0.1) is 0 Å². The average Bonchev–Trinajstić information content (AvgIpc) is 2.77. The maximum Gasteiger partial charge on any atom is 0.343 e. The molecule has 0 spiro atoms. The van der Waals surface area contributed by atoms with Gasteiger partial charge in [-0.25, -0.2) is 13.6 Å². The first-order valence-corrected chi connectivity index (χ1v) is 10.9. The Kier molecular flexibility index (Phi) is 9.41. The van der Waals surface area contributed by atoms with Crippen LogP contribution in [0.15, 0.2) is 40.9 Å². The molecule has 1 atom stereocenters. The molecule has 0 aliphatic carbocycles. The lowest BCUT2D eigenvalue weighted by Gasteiger charge is -2.14. The molecule has 0 bridgehead atoms. The maximum atomic E-state index is 14.9. The van der Waals surface area contributed by atoms with Gasteiger partial charge in [0.15, 0.2) is 0 Å². The molecule has 0 aromatic heterocycles. The minimum Gasteiger partial charge on any atom is -0.506 e. The van der Waals surface area contributed by atoms with E-state index < -0.39 is 23.4 Å². The topological polar surface area (TPSA) is 68.1 Å². The van der Waals surface area contributed by atoms with Crippen molar-refractivity contribution in [2.24, 2.45) is 10.9 Å². The number of rotatable bonds is 9. The summed E-state index contributed by atoms with van der Waals surface area (Å²) in [7, 11) is 1.35. The van der Waals surface area contributed by atoms with Crippen molar-refractivity contribution in [1.82, 2.24) is 0 Å². The van der Waals surface area contributed by atoms with Crippen LogP contribution in [-0.2, 0) is 16.0 Å². The van der Waals surface area contributed by atoms with Gasteiger partial charge in [-0.2, -0.15) is 0 Å². The van der Waals surface area contributed by atoms with Crippen molar-refractivity contribution < 1.29 is 28.2 Å². The smallest absolute Gasteiger partial charge is 0.343 e. The highest BCUT2D eigenvalue weighted by Crippen LogP contribution is 2.31. The number of benzene rings is 2. The van der Waals surface area contributed by atoms with Gasteiger partial charge in [-0.05, 0) is 43.0 Å². The molecule has 0 amide bonds. The molecule has 178 valence electrons. The third-order valence-electron chi connectivity index (χ3n) is 5.19. The summed E-state index contributed by atoms with van der Waals surface area (Å²) in [5, 5.41) is 10.8. The van der Waals surface area contributed by atoms with Crippen molar-refractivity contribution in [1.29, 1.82) is 0 Å². The molecule has 0 aliphatic heterocycles. The second-order valence-electron chi connectivity index (χ2n) is 7.78. The summed E-state index contributed by atoms with van der Waals surface area (Å²) in [6.45, 7) is 7.45. The zero-order valence-electron chi connectivity index (χ0n) is 19.3. The zero-order chi connectivity index (χ0) is 24.7. The summed E-state index contributed by atoms with van der Waals surface area (Å²) >= 11 is 5.87. The highest BCUT2D eigenvalue weighted by atomic mass is 35.5. The largest absolute Gasteiger partial charge is 0.506 e. The Morgan fingerprint density at radius 2 is 1.91 bits per heavy atom. The van der Waals surface area contributed by atoms with Crippen LogP contribution in [0, 0.1) is 17.6 Å². The lowest BCUT2D eigenvalue weighted by molar-refractivity contribution is -0.137. The second-order valence-corrected chi connectivity index (χ2v) is 8.19. The van der Waals surface area contributed by atoms with E-state index in [1.54, 1.807) is 19.1 Å². The van der Waals surface area contributed by atoms with E-state index in [2.05, 4.69) is 4.99 Å². The van der Waals surface area contributed by atoms with Crippen LogP contribution in [-0.4, -0.2) is 37.0 Å². The van der Waals surface area contributed by atoms with Crippen molar-refractivity contribution in [2.45, 2.75) is 40.2 Å². The summed E-state index contributed by atoms with van der Waals surface area (Å²) < 4.78 is 39.6. The fourth-order valence-electron chi connectivity index (χ4n) is 2.93. The molecule has 0 saturated heterocycles. The van der Waals surface area contributed by atoms with E-state index in [0.717, 1.165) is 6.07 Å². The molecule has 0 saturated carbocycles. The number of aliphatic imine (C=N–C) groups is 1. The number of aliphatic hydroxyl groups is 1. The number of carbonyl (C=O) groups is 1. The molecule has 0 unspecified atom stereocenters. The van der Waals surface area contributed by atoms with Gasteiger partial charge < -0.3 is 14.6 Å². The number of aliphatic hydroxyl groups excluding tert-OH is 1. The van der Waals surface area contributed by atoms with Gasteiger partial charge in [0.2, 0.25) is 0 Å². The van der Waals surface area contributed by atoms with Crippen LogP contribution < -0.4 is 4.74 Å². The van der Waals surface area contributed by atoms with E-state index in [-0.39, 0.29) is 52.5 Å². The van der Waals surface area contributed by atoms with E-state index >= 15 is 0 Å². The Balaban J connectivity index is 2.63. The number of esters is 1. The van der Waals surface area contributed by atoms with Crippen molar-refractivity contribution in [3.63, 3.8) is 0 Å². The summed E-state index contributed by atoms with van der Waals surface area (Å²) in [4.78, 5) is 16.8. The second kappa shape index (κ2) is 11.8. The number of ether oxygens (including phenoxy) is 2. The summed E-state index contributed by atoms with van der Waals surface area (Å²) in [6, 6.07) is 6.79. The van der Waals surface area contributed by atoms with Gasteiger partial charge in [0.25, 0.3) is 0 Å². The first kappa shape index (κ1) is 26.3. The van der Waals surface area contributed by atoms with Crippen LogP contribution in [0.2, 0.25) is 5.02 Å². The van der Waals surface area contributed by atoms with Crippen LogP contribution in [0.3, 0.4) is 0 Å². The molecular weight excluding hydrogens is 452 g/mol. The molecule has 2 aromatic carbocycles. The van der Waals surface area contributed by atoms with Gasteiger partial charge >= 0.3 is 5.97 Å². The zero-order valence-corrected chi connectivity index (χ0v) is 20.0. The van der Waals surface area contributed by atoms with Crippen molar-refractivity contribution in [3.8, 4) is 5.75 Å². The van der Waals surface area contributed by atoms with Crippen LogP contribution in [0.4, 0.5) is 8.78 Å². The predicted molar refractivity (Wildman–Crippen MR) is 126 cm³/mol. The quantitative estimate of drug-likeness (QED) is 0.202. The SMILES string of the molecule is CCOC(=O)C(C=N[C@H](C)C(C)C)=C(O)c1cc(Cc2cccc(Cl)c2F)c(OC)cc1F. The number of hydrogen-bond donors (Lipinski definition) is 1. The molecule has 2 rings (SSSR count). The fourth-order valence-corrected chi connectivity index (χ4v) is 3.12. The fraction of sp³-hybridized carbons (Fsp3) is 0.360. The molecule has 0 fully saturated rings. The Morgan fingerprint density at radius 3 is 2.52 bits per heavy atom. The standard InChI is InChI=1S/C25H28ClF2NO4/c1-6-33-25(31)19(13-29-15(4)14(2)3)24(30)18-11-17(22(32-5)12-21(18)27)10-16-8-7-9-20(26)23(16)28/h7-9,11-15,30H,6,10H2,1-5H3/t15-/m1/s1. The van der Waals surface area contributed by atoms with Gasteiger partial charge in [0.05, 0.1) is 24.3 Å². The highest BCUT2D eigenvalue weighted by molar-refractivity contribution is 6.30. The van der Waals surface area contributed by atoms with Crippen molar-refractivity contribution in [2.75, 3.05) is 13.7 Å². The van der Waals surface area contributed by atoms with Gasteiger partial charge in [0.1, 0.15) is 28.7 Å². The number of carbonyl (C=O) groups excluding carboxylic acids is 1. The summed E-state index contributed by atoms with van der Waals surface area (Å²) in [5.74, 6) is -2.57. The number of methoxy groups -OCH3 is 1. The van der Waals surface area contributed by atoms with Crippen molar-refractivity contribution in [3.05, 3.63) is 69.3 Å². The van der Waals surface area contributed by atoms with E-state index in [1.165, 1.54) is 25.5 Å². The summed E-state index contributed by atoms with van der Waals surface area (Å²) in [6.07, 6.45) is 1.21. The molecule has 33 heavy (non-hydrogen) atoms. The maximum absolute atomic E-state index is 14.9. The molecule has 5 nitrogen and oxygen atoms in total. The molecular formula is C25H28ClF2NO4. The van der Waals surface area contributed by atoms with Crippen LogP contribution in [0.25, 0.3) is 5.76 Å². The molecule has 0 heterocycles. The monoisotopic (exact) mass is 479 g/mol. The minimum absolute atomic E-state index is 0.0172. The van der Waals surface area contributed by atoms with Crippen LogP contribution in [0.1, 0.15) is 44.4 Å². The normalized spacial score (nSPS) is 13.2. The first-order valence-electron chi connectivity index (χ1n) is 10.5. The third-order valence-corrected chi connectivity index (χ3v) is 5.48. The predicted octanol–water partition coefficient (Wildman–Crippen LogP) is 6.17. The molecule has 8 heteroatoms. The number of nitrogens with zero attached hydrogens (tertiary/aromatic N) is 1. The van der Waals surface area contributed by atoms with Crippen LogP contribution in [0.5, 0.6) is 5.75 Å². The molecule has 2 aromatic rings. The minimum atomic E-state index is -0.840. The lowest BCUT2D eigenvalue weighted by Crippen LogP contribution is -2.14. The summed E-state index contributed by atoms with van der Waals surface area (Å²) in [5.41, 5.74) is 0.102. The Hall–Kier alpha value is -2.93. The highest BCUT2D eigenvalue weighted by Gasteiger charge is 2.22. The Bertz CT molecular complexity index is 1070.